The third-order valence-corrected chi connectivity index (χ3v) is 3.31. The molecule has 1 unspecified atom stereocenters. The summed E-state index contributed by atoms with van der Waals surface area (Å²) in [5.41, 5.74) is 1.91. The van der Waals surface area contributed by atoms with Crippen LogP contribution in [0.2, 0.25) is 0 Å². The van der Waals surface area contributed by atoms with Crippen molar-refractivity contribution >= 4 is 6.03 Å². The van der Waals surface area contributed by atoms with Crippen LogP contribution in [-0.4, -0.2) is 38.6 Å². The molecule has 0 bridgehead atoms. The average molecular weight is 303 g/mol. The van der Waals surface area contributed by atoms with Gasteiger partial charge in [-0.25, -0.2) is 14.5 Å². The molecule has 0 aliphatic carbocycles. The first-order chi connectivity index (χ1) is 10.7. The van der Waals surface area contributed by atoms with Crippen molar-refractivity contribution in [2.24, 2.45) is 0 Å². The molecule has 7 nitrogen and oxygen atoms in total. The van der Waals surface area contributed by atoms with Crippen LogP contribution in [0, 0.1) is 0 Å². The Hall–Kier alpha value is -2.41. The lowest BCUT2D eigenvalue weighted by atomic mass is 10.2. The van der Waals surface area contributed by atoms with Crippen LogP contribution in [0.25, 0.3) is 5.69 Å². The molecule has 118 valence electrons. The molecule has 2 aromatic rings. The van der Waals surface area contributed by atoms with Crippen LogP contribution >= 0.6 is 0 Å². The van der Waals surface area contributed by atoms with E-state index in [0.29, 0.717) is 25.9 Å². The van der Waals surface area contributed by atoms with Crippen LogP contribution in [0.3, 0.4) is 0 Å². The molecule has 0 spiro atoms. The topological polar surface area (TPSA) is 92.1 Å². The van der Waals surface area contributed by atoms with E-state index in [9.17, 15) is 9.90 Å². The van der Waals surface area contributed by atoms with E-state index < -0.39 is 0 Å². The van der Waals surface area contributed by atoms with Gasteiger partial charge in [-0.15, -0.1) is 0 Å². The second-order valence-corrected chi connectivity index (χ2v) is 4.97. The molecule has 0 aliphatic rings. The standard InChI is InChI=1S/C15H21N5O2/c1-2-14(21)7-8-17-15(22)18-9-12-3-5-13(6-4-12)20-11-16-10-19-20/h3-6,10-11,14,21H,2,7-9H2,1H3,(H2,17,18,22). The fourth-order valence-corrected chi connectivity index (χ4v) is 1.91. The molecule has 2 rings (SSSR count). The highest BCUT2D eigenvalue weighted by Crippen LogP contribution is 2.07. The van der Waals surface area contributed by atoms with Crippen LogP contribution in [-0.2, 0) is 6.54 Å². The monoisotopic (exact) mass is 303 g/mol. The molecule has 0 saturated heterocycles. The predicted octanol–water partition coefficient (Wildman–Crippen LogP) is 1.23. The molecule has 0 saturated carbocycles. The van der Waals surface area contributed by atoms with Crippen LogP contribution < -0.4 is 10.6 Å². The quantitative estimate of drug-likeness (QED) is 0.717. The van der Waals surface area contributed by atoms with Crippen LogP contribution in [0.4, 0.5) is 4.79 Å². The molecule has 0 radical (unpaired) electrons. The van der Waals surface area contributed by atoms with E-state index in [4.69, 9.17) is 0 Å². The van der Waals surface area contributed by atoms with E-state index >= 15 is 0 Å². The number of aliphatic hydroxyl groups excluding tert-OH is 1. The summed E-state index contributed by atoms with van der Waals surface area (Å²) in [6, 6.07) is 7.46. The number of aliphatic hydroxyl groups is 1. The second kappa shape index (κ2) is 8.14. The molecular formula is C15H21N5O2. The molecule has 2 amide bonds. The first-order valence-electron chi connectivity index (χ1n) is 7.32. The van der Waals surface area contributed by atoms with Gasteiger partial charge >= 0.3 is 6.03 Å². The number of urea groups is 1. The van der Waals surface area contributed by atoms with Gasteiger partial charge < -0.3 is 15.7 Å². The predicted molar refractivity (Wildman–Crippen MR) is 82.5 cm³/mol. The number of benzene rings is 1. The molecule has 0 fully saturated rings. The number of amides is 2. The minimum Gasteiger partial charge on any atom is -0.393 e. The van der Waals surface area contributed by atoms with Gasteiger partial charge in [0.15, 0.2) is 0 Å². The lowest BCUT2D eigenvalue weighted by Gasteiger charge is -2.10. The van der Waals surface area contributed by atoms with E-state index in [2.05, 4.69) is 20.7 Å². The number of hydrogen-bond acceptors (Lipinski definition) is 4. The number of rotatable bonds is 7. The number of nitrogens with one attached hydrogen (secondary N) is 2. The van der Waals surface area contributed by atoms with Gasteiger partial charge in [-0.2, -0.15) is 5.10 Å². The molecule has 1 aromatic carbocycles. The summed E-state index contributed by atoms with van der Waals surface area (Å²) < 4.78 is 1.67. The molecule has 3 N–H and O–H groups in total. The number of nitrogens with zero attached hydrogens (tertiary/aromatic N) is 3. The maximum atomic E-state index is 11.6. The third kappa shape index (κ3) is 4.85. The Labute approximate surface area is 129 Å². The van der Waals surface area contributed by atoms with Gasteiger partial charge in [-0.05, 0) is 30.5 Å². The van der Waals surface area contributed by atoms with Crippen LogP contribution in [0.5, 0.6) is 0 Å². The maximum absolute atomic E-state index is 11.6. The highest BCUT2D eigenvalue weighted by atomic mass is 16.3. The maximum Gasteiger partial charge on any atom is 0.315 e. The Morgan fingerprint density at radius 2 is 2.09 bits per heavy atom. The molecule has 1 aromatic heterocycles. The molecule has 0 aliphatic heterocycles. The summed E-state index contributed by atoms with van der Waals surface area (Å²) in [6.07, 6.45) is 4.02. The van der Waals surface area contributed by atoms with Crippen molar-refractivity contribution in [3.63, 3.8) is 0 Å². The largest absolute Gasteiger partial charge is 0.393 e. The van der Waals surface area contributed by atoms with Gasteiger partial charge in [-0.3, -0.25) is 0 Å². The zero-order valence-electron chi connectivity index (χ0n) is 12.6. The zero-order valence-corrected chi connectivity index (χ0v) is 12.6. The second-order valence-electron chi connectivity index (χ2n) is 4.97. The van der Waals surface area contributed by atoms with Gasteiger partial charge in [-0.1, -0.05) is 19.1 Å². The highest BCUT2D eigenvalue weighted by Gasteiger charge is 2.04. The van der Waals surface area contributed by atoms with Crippen LogP contribution in [0.1, 0.15) is 25.3 Å². The van der Waals surface area contributed by atoms with Crippen molar-refractivity contribution in [3.8, 4) is 5.69 Å². The Bertz CT molecular complexity index is 568. The SMILES string of the molecule is CCC(O)CCNC(=O)NCc1ccc(-n2cncn2)cc1. The average Bonchev–Trinajstić information content (AvgIpc) is 3.07. The van der Waals surface area contributed by atoms with Crippen molar-refractivity contribution in [2.45, 2.75) is 32.4 Å². The van der Waals surface area contributed by atoms with Gasteiger partial charge in [0.2, 0.25) is 0 Å². The molecular weight excluding hydrogens is 282 g/mol. The van der Waals surface area contributed by atoms with E-state index in [1.165, 1.54) is 6.33 Å². The first-order valence-corrected chi connectivity index (χ1v) is 7.32. The summed E-state index contributed by atoms with van der Waals surface area (Å²) in [7, 11) is 0. The molecule has 1 heterocycles. The zero-order chi connectivity index (χ0) is 15.8. The highest BCUT2D eigenvalue weighted by molar-refractivity contribution is 5.73. The van der Waals surface area contributed by atoms with Gasteiger partial charge in [0, 0.05) is 13.1 Å². The minimum absolute atomic E-state index is 0.233. The van der Waals surface area contributed by atoms with Gasteiger partial charge in [0.25, 0.3) is 0 Å². The fraction of sp³-hybridized carbons (Fsp3) is 0.400. The van der Waals surface area contributed by atoms with Gasteiger partial charge in [0.05, 0.1) is 11.8 Å². The Balaban J connectivity index is 1.73. The van der Waals surface area contributed by atoms with Crippen molar-refractivity contribution in [2.75, 3.05) is 6.54 Å². The van der Waals surface area contributed by atoms with E-state index in [1.54, 1.807) is 11.0 Å². The Morgan fingerprint density at radius 1 is 1.32 bits per heavy atom. The van der Waals surface area contributed by atoms with Crippen LogP contribution in [0.15, 0.2) is 36.9 Å². The smallest absolute Gasteiger partial charge is 0.315 e. The van der Waals surface area contributed by atoms with Crippen molar-refractivity contribution < 1.29 is 9.90 Å². The van der Waals surface area contributed by atoms with Gasteiger partial charge in [0.1, 0.15) is 12.7 Å². The lowest BCUT2D eigenvalue weighted by Crippen LogP contribution is -2.36. The lowest BCUT2D eigenvalue weighted by molar-refractivity contribution is 0.160. The summed E-state index contributed by atoms with van der Waals surface area (Å²) in [5, 5.41) is 18.9. The Morgan fingerprint density at radius 3 is 2.73 bits per heavy atom. The summed E-state index contributed by atoms with van der Waals surface area (Å²) in [6.45, 7) is 2.82. The summed E-state index contributed by atoms with van der Waals surface area (Å²) in [4.78, 5) is 15.5. The van der Waals surface area contributed by atoms with Crippen molar-refractivity contribution in [3.05, 3.63) is 42.5 Å². The number of carbonyl (C=O) groups is 1. The number of aromatic nitrogens is 3. The third-order valence-electron chi connectivity index (χ3n) is 3.31. The summed E-state index contributed by atoms with van der Waals surface area (Å²) in [5.74, 6) is 0. The number of hydrogen-bond donors (Lipinski definition) is 3. The molecule has 22 heavy (non-hydrogen) atoms. The molecule has 1 atom stereocenters. The summed E-state index contributed by atoms with van der Waals surface area (Å²) >= 11 is 0. The van der Waals surface area contributed by atoms with E-state index in [-0.39, 0.29) is 12.1 Å². The van der Waals surface area contributed by atoms with Crippen molar-refractivity contribution in [1.82, 2.24) is 25.4 Å². The Kier molecular flexibility index (Phi) is 5.91. The number of carbonyl (C=O) groups excluding carboxylic acids is 1. The van der Waals surface area contributed by atoms with E-state index in [0.717, 1.165) is 11.3 Å². The van der Waals surface area contributed by atoms with Crippen molar-refractivity contribution in [1.29, 1.82) is 0 Å². The fourth-order valence-electron chi connectivity index (χ4n) is 1.91. The first kappa shape index (κ1) is 16.0. The molecule has 7 heteroatoms. The normalized spacial score (nSPS) is 11.9. The van der Waals surface area contributed by atoms with E-state index in [1.807, 2.05) is 31.2 Å². The minimum atomic E-state index is -0.357.